The minimum Gasteiger partial charge on any atom is -0.395 e. The second kappa shape index (κ2) is 7.45. The Morgan fingerprint density at radius 3 is 3.00 bits per heavy atom. The van der Waals surface area contributed by atoms with Crippen LogP contribution in [0.5, 0.6) is 0 Å². The minimum absolute atomic E-state index is 0.141. The van der Waals surface area contributed by atoms with Crippen LogP contribution >= 0.6 is 11.3 Å². The monoisotopic (exact) mass is 237 g/mol. The Morgan fingerprint density at radius 2 is 2.31 bits per heavy atom. The first-order valence-corrected chi connectivity index (χ1v) is 6.50. The van der Waals surface area contributed by atoms with E-state index in [1.165, 1.54) is 11.3 Å². The number of rotatable bonds is 5. The fraction of sp³-hybridized carbons (Fsp3) is 0.538. The van der Waals surface area contributed by atoms with E-state index in [-0.39, 0.29) is 6.61 Å². The molecular weight excluding hydrogens is 218 g/mol. The Kier molecular flexibility index (Phi) is 6.17. The number of nitrogens with zero attached hydrogens (tertiary/aromatic N) is 1. The summed E-state index contributed by atoms with van der Waals surface area (Å²) in [6, 6.07) is 2.06. The summed E-state index contributed by atoms with van der Waals surface area (Å²) >= 11 is 1.76. The van der Waals surface area contributed by atoms with Crippen molar-refractivity contribution in [1.82, 2.24) is 4.90 Å². The largest absolute Gasteiger partial charge is 0.395 e. The van der Waals surface area contributed by atoms with Crippen molar-refractivity contribution in [2.24, 2.45) is 0 Å². The molecular formula is C13H19NOS. The van der Waals surface area contributed by atoms with Crippen LogP contribution in [-0.2, 0) is 6.54 Å². The van der Waals surface area contributed by atoms with Crippen molar-refractivity contribution >= 4 is 11.3 Å². The third-order valence-corrected chi connectivity index (χ3v) is 3.13. The first-order valence-electron chi connectivity index (χ1n) is 5.62. The zero-order valence-corrected chi connectivity index (χ0v) is 10.8. The average molecular weight is 237 g/mol. The summed E-state index contributed by atoms with van der Waals surface area (Å²) in [7, 11) is 2.13. The molecule has 0 aliphatic heterocycles. The standard InChI is InChI=1S/C13H19NOS/c1-3-8-14(2)11-13-12(7-10-16-13)6-4-5-9-15/h7,10,15H,3,5,8-9,11H2,1-2H3. The molecule has 0 spiro atoms. The van der Waals surface area contributed by atoms with Crippen LogP contribution in [0.15, 0.2) is 11.4 Å². The summed E-state index contributed by atoms with van der Waals surface area (Å²) in [6.45, 7) is 4.41. The highest BCUT2D eigenvalue weighted by atomic mass is 32.1. The van der Waals surface area contributed by atoms with Crippen LogP contribution in [0.1, 0.15) is 30.2 Å². The fourth-order valence-electron chi connectivity index (χ4n) is 1.49. The molecule has 0 aliphatic rings. The molecule has 16 heavy (non-hydrogen) atoms. The van der Waals surface area contributed by atoms with Crippen LogP contribution < -0.4 is 0 Å². The Labute approximate surface area is 102 Å². The first kappa shape index (κ1) is 13.2. The molecule has 0 radical (unpaired) electrons. The molecule has 3 heteroatoms. The Bertz CT molecular complexity index is 361. The predicted octanol–water partition coefficient (Wildman–Crippen LogP) is 2.32. The quantitative estimate of drug-likeness (QED) is 0.795. The Morgan fingerprint density at radius 1 is 1.50 bits per heavy atom. The molecule has 0 aromatic carbocycles. The molecule has 88 valence electrons. The van der Waals surface area contributed by atoms with Crippen molar-refractivity contribution < 1.29 is 5.11 Å². The van der Waals surface area contributed by atoms with E-state index in [4.69, 9.17) is 5.11 Å². The van der Waals surface area contributed by atoms with E-state index in [9.17, 15) is 0 Å². The van der Waals surface area contributed by atoms with Gasteiger partial charge < -0.3 is 10.0 Å². The molecule has 1 aromatic rings. The maximum Gasteiger partial charge on any atom is 0.0540 e. The zero-order chi connectivity index (χ0) is 11.8. The molecule has 0 saturated heterocycles. The van der Waals surface area contributed by atoms with Crippen LogP contribution in [0.3, 0.4) is 0 Å². The molecule has 1 N–H and O–H groups in total. The van der Waals surface area contributed by atoms with E-state index in [0.29, 0.717) is 6.42 Å². The summed E-state index contributed by atoms with van der Waals surface area (Å²) in [5, 5.41) is 10.8. The van der Waals surface area contributed by atoms with Gasteiger partial charge in [-0.05, 0) is 31.5 Å². The van der Waals surface area contributed by atoms with Gasteiger partial charge in [-0.1, -0.05) is 18.8 Å². The van der Waals surface area contributed by atoms with Crippen molar-refractivity contribution in [3.63, 3.8) is 0 Å². The lowest BCUT2D eigenvalue weighted by atomic mass is 10.2. The smallest absolute Gasteiger partial charge is 0.0540 e. The molecule has 0 unspecified atom stereocenters. The number of thiophene rings is 1. The molecule has 1 aromatic heterocycles. The summed E-state index contributed by atoms with van der Waals surface area (Å²) in [5.41, 5.74) is 1.11. The van der Waals surface area contributed by atoms with Crippen molar-refractivity contribution in [2.75, 3.05) is 20.2 Å². The number of hydrogen-bond acceptors (Lipinski definition) is 3. The number of hydrogen-bond donors (Lipinski definition) is 1. The molecule has 2 nitrogen and oxygen atoms in total. The predicted molar refractivity (Wildman–Crippen MR) is 69.5 cm³/mol. The molecule has 1 rings (SSSR count). The van der Waals surface area contributed by atoms with Gasteiger partial charge in [0.2, 0.25) is 0 Å². The van der Waals surface area contributed by atoms with Gasteiger partial charge in [0.1, 0.15) is 0 Å². The first-order chi connectivity index (χ1) is 7.77. The fourth-order valence-corrected chi connectivity index (χ4v) is 2.40. The second-order valence-corrected chi connectivity index (χ2v) is 4.77. The van der Waals surface area contributed by atoms with E-state index in [1.807, 2.05) is 0 Å². The summed E-state index contributed by atoms with van der Waals surface area (Å²) < 4.78 is 0. The van der Waals surface area contributed by atoms with Gasteiger partial charge in [0.25, 0.3) is 0 Å². The number of aliphatic hydroxyl groups is 1. The Hall–Kier alpha value is -0.820. The summed E-state index contributed by atoms with van der Waals surface area (Å²) in [5.74, 6) is 6.09. The lowest BCUT2D eigenvalue weighted by Gasteiger charge is -2.14. The normalized spacial score (nSPS) is 10.2. The second-order valence-electron chi connectivity index (χ2n) is 3.77. The summed E-state index contributed by atoms with van der Waals surface area (Å²) in [4.78, 5) is 3.63. The van der Waals surface area contributed by atoms with Gasteiger partial charge in [0.05, 0.1) is 6.61 Å². The molecule has 0 aliphatic carbocycles. The third kappa shape index (κ3) is 4.36. The van der Waals surface area contributed by atoms with Crippen molar-refractivity contribution in [3.05, 3.63) is 21.9 Å². The van der Waals surface area contributed by atoms with E-state index in [2.05, 4.69) is 42.2 Å². The lowest BCUT2D eigenvalue weighted by Crippen LogP contribution is -2.18. The van der Waals surface area contributed by atoms with Crippen LogP contribution in [-0.4, -0.2) is 30.2 Å². The maximum atomic E-state index is 8.67. The van der Waals surface area contributed by atoms with Gasteiger partial charge in [-0.2, -0.15) is 0 Å². The highest BCUT2D eigenvalue weighted by Gasteiger charge is 2.04. The van der Waals surface area contributed by atoms with E-state index < -0.39 is 0 Å². The van der Waals surface area contributed by atoms with Gasteiger partial charge in [-0.15, -0.1) is 11.3 Å². The molecule has 1 heterocycles. The van der Waals surface area contributed by atoms with Crippen LogP contribution in [0.2, 0.25) is 0 Å². The zero-order valence-electron chi connectivity index (χ0n) is 9.99. The minimum atomic E-state index is 0.141. The van der Waals surface area contributed by atoms with Crippen molar-refractivity contribution in [3.8, 4) is 11.8 Å². The van der Waals surface area contributed by atoms with Crippen LogP contribution in [0.25, 0.3) is 0 Å². The summed E-state index contributed by atoms with van der Waals surface area (Å²) in [6.07, 6.45) is 1.73. The molecule has 0 saturated carbocycles. The highest BCUT2D eigenvalue weighted by molar-refractivity contribution is 7.10. The lowest BCUT2D eigenvalue weighted by molar-refractivity contribution is 0.305. The van der Waals surface area contributed by atoms with Crippen molar-refractivity contribution in [2.45, 2.75) is 26.3 Å². The highest BCUT2D eigenvalue weighted by Crippen LogP contribution is 2.17. The van der Waals surface area contributed by atoms with Gasteiger partial charge >= 0.3 is 0 Å². The van der Waals surface area contributed by atoms with Gasteiger partial charge in [0, 0.05) is 23.4 Å². The molecule has 0 atom stereocenters. The van der Waals surface area contributed by atoms with Crippen LogP contribution in [0, 0.1) is 11.8 Å². The van der Waals surface area contributed by atoms with E-state index in [0.717, 1.165) is 18.7 Å². The van der Waals surface area contributed by atoms with E-state index in [1.54, 1.807) is 11.3 Å². The molecule has 0 fully saturated rings. The van der Waals surface area contributed by atoms with Gasteiger partial charge in [-0.3, -0.25) is 0 Å². The van der Waals surface area contributed by atoms with Gasteiger partial charge in [-0.25, -0.2) is 0 Å². The Balaban J connectivity index is 2.61. The van der Waals surface area contributed by atoms with Crippen LogP contribution in [0.4, 0.5) is 0 Å². The third-order valence-electron chi connectivity index (χ3n) is 2.22. The number of aliphatic hydroxyl groups excluding tert-OH is 1. The maximum absolute atomic E-state index is 8.67. The molecule has 0 bridgehead atoms. The SMILES string of the molecule is CCCN(C)Cc1sccc1C#CCCO. The van der Waals surface area contributed by atoms with E-state index >= 15 is 0 Å². The topological polar surface area (TPSA) is 23.5 Å². The van der Waals surface area contributed by atoms with Gasteiger partial charge in [0.15, 0.2) is 0 Å². The average Bonchev–Trinajstić information content (AvgIpc) is 2.66. The molecule has 0 amide bonds. The van der Waals surface area contributed by atoms with Crippen molar-refractivity contribution in [1.29, 1.82) is 0 Å².